The van der Waals surface area contributed by atoms with Gasteiger partial charge in [0.1, 0.15) is 6.10 Å². The second-order valence-corrected chi connectivity index (χ2v) is 6.42. The predicted octanol–water partition coefficient (Wildman–Crippen LogP) is 6.02. The first-order valence-electron chi connectivity index (χ1n) is 9.22. The summed E-state index contributed by atoms with van der Waals surface area (Å²) in [5, 5.41) is 0. The summed E-state index contributed by atoms with van der Waals surface area (Å²) in [5.41, 5.74) is 1.23. The van der Waals surface area contributed by atoms with Crippen LogP contribution in [0.3, 0.4) is 0 Å². The Hall–Kier alpha value is -0.860. The number of benzene rings is 1. The number of ether oxygens (including phenoxy) is 2. The van der Waals surface area contributed by atoms with Crippen LogP contribution in [-0.2, 0) is 9.47 Å². The van der Waals surface area contributed by atoms with Crippen LogP contribution >= 0.6 is 0 Å². The number of hydrogen-bond donors (Lipinski definition) is 0. The van der Waals surface area contributed by atoms with Crippen molar-refractivity contribution in [1.29, 1.82) is 0 Å². The number of rotatable bonds is 11. The molecule has 0 aliphatic carbocycles. The first kappa shape index (κ1) is 17.5. The minimum absolute atomic E-state index is 0.00904. The average Bonchev–Trinajstić information content (AvgIpc) is 3.03. The Balaban J connectivity index is 1.47. The Kier molecular flexibility index (Phi) is 8.59. The molecule has 1 heterocycles. The monoisotopic (exact) mass is 304 g/mol. The molecule has 0 N–H and O–H groups in total. The Labute approximate surface area is 136 Å². The van der Waals surface area contributed by atoms with E-state index in [1.54, 1.807) is 0 Å². The highest BCUT2D eigenvalue weighted by Crippen LogP contribution is 2.28. The van der Waals surface area contributed by atoms with Crippen LogP contribution in [0.1, 0.15) is 82.8 Å². The summed E-state index contributed by atoms with van der Waals surface area (Å²) in [4.78, 5) is 0. The van der Waals surface area contributed by atoms with E-state index in [1.165, 1.54) is 63.4 Å². The highest BCUT2D eigenvalue weighted by molar-refractivity contribution is 5.18. The van der Waals surface area contributed by atoms with Gasteiger partial charge in [-0.2, -0.15) is 0 Å². The molecule has 2 rings (SSSR count). The summed E-state index contributed by atoms with van der Waals surface area (Å²) in [6, 6.07) is 10.4. The first-order valence-corrected chi connectivity index (χ1v) is 9.22. The summed E-state index contributed by atoms with van der Waals surface area (Å²) >= 11 is 0. The lowest BCUT2D eigenvalue weighted by atomic mass is 10.1. The molecule has 124 valence electrons. The van der Waals surface area contributed by atoms with Crippen LogP contribution in [0.2, 0.25) is 0 Å². The molecule has 22 heavy (non-hydrogen) atoms. The van der Waals surface area contributed by atoms with Crippen LogP contribution in [0.4, 0.5) is 0 Å². The highest BCUT2D eigenvalue weighted by atomic mass is 16.7. The second-order valence-electron chi connectivity index (χ2n) is 6.42. The van der Waals surface area contributed by atoms with Gasteiger partial charge in [0.05, 0.1) is 6.61 Å². The molecule has 0 radical (unpaired) electrons. The molecule has 0 bridgehead atoms. The molecule has 1 aliphatic heterocycles. The summed E-state index contributed by atoms with van der Waals surface area (Å²) < 4.78 is 11.8. The van der Waals surface area contributed by atoms with E-state index in [-0.39, 0.29) is 12.4 Å². The fraction of sp³-hybridized carbons (Fsp3) is 0.700. The maximum atomic E-state index is 6.00. The molecular weight excluding hydrogens is 272 g/mol. The van der Waals surface area contributed by atoms with E-state index >= 15 is 0 Å². The molecule has 2 heteroatoms. The van der Waals surface area contributed by atoms with E-state index in [4.69, 9.17) is 9.47 Å². The van der Waals surface area contributed by atoms with E-state index < -0.39 is 0 Å². The second kappa shape index (κ2) is 10.8. The molecule has 0 aromatic heterocycles. The van der Waals surface area contributed by atoms with E-state index in [9.17, 15) is 0 Å². The van der Waals surface area contributed by atoms with E-state index in [2.05, 4.69) is 31.2 Å². The lowest BCUT2D eigenvalue weighted by Gasteiger charge is -2.11. The zero-order valence-electron chi connectivity index (χ0n) is 14.1. The Morgan fingerprint density at radius 2 is 1.50 bits per heavy atom. The van der Waals surface area contributed by atoms with Crippen molar-refractivity contribution in [2.24, 2.45) is 0 Å². The van der Waals surface area contributed by atoms with Crippen LogP contribution < -0.4 is 0 Å². The maximum absolute atomic E-state index is 6.00. The summed E-state index contributed by atoms with van der Waals surface area (Å²) in [6.07, 6.45) is 13.5. The van der Waals surface area contributed by atoms with Crippen molar-refractivity contribution in [2.75, 3.05) is 6.61 Å². The van der Waals surface area contributed by atoms with Gasteiger partial charge in [0.2, 0.25) is 0 Å². The summed E-state index contributed by atoms with van der Waals surface area (Å²) in [6.45, 7) is 2.97. The van der Waals surface area contributed by atoms with Crippen molar-refractivity contribution in [3.8, 4) is 0 Å². The molecule has 0 saturated carbocycles. The van der Waals surface area contributed by atoms with Crippen molar-refractivity contribution < 1.29 is 9.47 Å². The molecule has 0 spiro atoms. The Morgan fingerprint density at radius 1 is 0.864 bits per heavy atom. The third kappa shape index (κ3) is 6.50. The zero-order valence-corrected chi connectivity index (χ0v) is 14.1. The first-order chi connectivity index (χ1) is 10.9. The molecule has 1 aromatic rings. The topological polar surface area (TPSA) is 18.5 Å². The van der Waals surface area contributed by atoms with Gasteiger partial charge >= 0.3 is 0 Å². The molecule has 1 saturated heterocycles. The van der Waals surface area contributed by atoms with Crippen LogP contribution in [0, 0.1) is 0 Å². The highest BCUT2D eigenvalue weighted by Gasteiger charge is 2.26. The van der Waals surface area contributed by atoms with Gasteiger partial charge in [0.15, 0.2) is 6.29 Å². The molecule has 1 fully saturated rings. The molecule has 0 unspecified atom stereocenters. The molecule has 2 atom stereocenters. The van der Waals surface area contributed by atoms with Crippen LogP contribution in [0.5, 0.6) is 0 Å². The number of hydrogen-bond acceptors (Lipinski definition) is 2. The van der Waals surface area contributed by atoms with Gasteiger partial charge in [-0.3, -0.25) is 0 Å². The normalized spacial score (nSPS) is 21.3. The predicted molar refractivity (Wildman–Crippen MR) is 91.9 cm³/mol. The Bertz CT molecular complexity index is 377. The molecule has 0 amide bonds. The zero-order chi connectivity index (χ0) is 15.5. The van der Waals surface area contributed by atoms with E-state index in [0.29, 0.717) is 6.61 Å². The van der Waals surface area contributed by atoms with Crippen LogP contribution in [0.15, 0.2) is 30.3 Å². The third-order valence-corrected chi connectivity index (χ3v) is 4.46. The third-order valence-electron chi connectivity index (χ3n) is 4.46. The Morgan fingerprint density at radius 3 is 2.18 bits per heavy atom. The van der Waals surface area contributed by atoms with Crippen molar-refractivity contribution in [2.45, 2.75) is 83.5 Å². The van der Waals surface area contributed by atoms with Crippen molar-refractivity contribution in [3.63, 3.8) is 0 Å². The SMILES string of the molecule is CCCCCCCCCCC[C@H]1OC[C@@H](c2ccccc2)O1. The lowest BCUT2D eigenvalue weighted by Crippen LogP contribution is -2.07. The smallest absolute Gasteiger partial charge is 0.158 e. The van der Waals surface area contributed by atoms with Crippen LogP contribution in [-0.4, -0.2) is 12.9 Å². The van der Waals surface area contributed by atoms with E-state index in [0.717, 1.165) is 6.42 Å². The van der Waals surface area contributed by atoms with Crippen molar-refractivity contribution >= 4 is 0 Å². The fourth-order valence-corrected chi connectivity index (χ4v) is 3.07. The van der Waals surface area contributed by atoms with Crippen molar-refractivity contribution in [3.05, 3.63) is 35.9 Å². The summed E-state index contributed by atoms with van der Waals surface area (Å²) in [7, 11) is 0. The van der Waals surface area contributed by atoms with Gasteiger partial charge in [-0.05, 0) is 18.4 Å². The molecule has 1 aromatic carbocycles. The average molecular weight is 304 g/mol. The lowest BCUT2D eigenvalue weighted by molar-refractivity contribution is -0.0637. The van der Waals surface area contributed by atoms with Gasteiger partial charge < -0.3 is 9.47 Å². The maximum Gasteiger partial charge on any atom is 0.158 e. The minimum Gasteiger partial charge on any atom is -0.350 e. The standard InChI is InChI=1S/C20H32O2/c1-2-3-4-5-6-7-8-9-13-16-20-21-17-19(22-20)18-14-11-10-12-15-18/h10-12,14-15,19-20H,2-9,13,16-17H2,1H3/t19-,20-/m0/s1. The molecule has 1 aliphatic rings. The van der Waals surface area contributed by atoms with Gasteiger partial charge in [-0.15, -0.1) is 0 Å². The fourth-order valence-electron chi connectivity index (χ4n) is 3.07. The largest absolute Gasteiger partial charge is 0.350 e. The summed E-state index contributed by atoms with van der Waals surface area (Å²) in [5.74, 6) is 0. The number of unbranched alkanes of at least 4 members (excludes halogenated alkanes) is 8. The minimum atomic E-state index is 0.00904. The van der Waals surface area contributed by atoms with Gasteiger partial charge in [0, 0.05) is 0 Å². The van der Waals surface area contributed by atoms with Crippen molar-refractivity contribution in [1.82, 2.24) is 0 Å². The van der Waals surface area contributed by atoms with Gasteiger partial charge in [-0.25, -0.2) is 0 Å². The van der Waals surface area contributed by atoms with Gasteiger partial charge in [0.25, 0.3) is 0 Å². The van der Waals surface area contributed by atoms with E-state index in [1.807, 2.05) is 6.07 Å². The molecule has 2 nitrogen and oxygen atoms in total. The molecular formula is C20H32O2. The van der Waals surface area contributed by atoms with Gasteiger partial charge in [-0.1, -0.05) is 88.6 Å². The quantitative estimate of drug-likeness (QED) is 0.465. The van der Waals surface area contributed by atoms with Crippen LogP contribution in [0.25, 0.3) is 0 Å².